The van der Waals surface area contributed by atoms with Gasteiger partial charge >= 0.3 is 0 Å². The molecule has 7 heteroatoms. The molecule has 1 aromatic heterocycles. The van der Waals surface area contributed by atoms with E-state index in [9.17, 15) is 4.79 Å². The van der Waals surface area contributed by atoms with Crippen molar-refractivity contribution in [3.63, 3.8) is 0 Å². The van der Waals surface area contributed by atoms with Gasteiger partial charge < -0.3 is 10.1 Å². The van der Waals surface area contributed by atoms with Crippen LogP contribution >= 0.6 is 11.3 Å². The number of thiazole rings is 1. The summed E-state index contributed by atoms with van der Waals surface area (Å²) in [5.41, 5.74) is 8.12. The molecule has 0 bridgehead atoms. The SMILES string of the molecule is COc1cccc2sc(NC(=O)C3CNNC3c3ccccc3)nc12. The van der Waals surface area contributed by atoms with Gasteiger partial charge in [-0.1, -0.05) is 47.7 Å². The predicted molar refractivity (Wildman–Crippen MR) is 98.6 cm³/mol. The first-order chi connectivity index (χ1) is 12.3. The highest BCUT2D eigenvalue weighted by molar-refractivity contribution is 7.22. The van der Waals surface area contributed by atoms with E-state index in [1.807, 2.05) is 48.5 Å². The number of carbonyl (C=O) groups is 1. The fraction of sp³-hybridized carbons (Fsp3) is 0.222. The number of nitrogens with zero attached hydrogens (tertiary/aromatic N) is 1. The van der Waals surface area contributed by atoms with Gasteiger partial charge in [0.1, 0.15) is 11.3 Å². The molecular weight excluding hydrogens is 336 g/mol. The summed E-state index contributed by atoms with van der Waals surface area (Å²) in [5, 5.41) is 3.54. The number of ether oxygens (including phenoxy) is 1. The number of anilines is 1. The van der Waals surface area contributed by atoms with Crippen molar-refractivity contribution >= 4 is 32.6 Å². The van der Waals surface area contributed by atoms with Crippen LogP contribution in [0.5, 0.6) is 5.75 Å². The van der Waals surface area contributed by atoms with E-state index >= 15 is 0 Å². The molecule has 2 unspecified atom stereocenters. The van der Waals surface area contributed by atoms with E-state index in [1.165, 1.54) is 11.3 Å². The van der Waals surface area contributed by atoms with Gasteiger partial charge in [0.05, 0.1) is 23.8 Å². The maximum Gasteiger partial charge on any atom is 0.232 e. The minimum absolute atomic E-state index is 0.0515. The molecule has 1 aliphatic heterocycles. The number of hydrazine groups is 1. The Kier molecular flexibility index (Phi) is 4.35. The van der Waals surface area contributed by atoms with Crippen LogP contribution in [0, 0.1) is 5.92 Å². The van der Waals surface area contributed by atoms with Crippen molar-refractivity contribution in [3.05, 3.63) is 54.1 Å². The summed E-state index contributed by atoms with van der Waals surface area (Å²) in [5.74, 6) is 0.446. The Morgan fingerprint density at radius 1 is 1.24 bits per heavy atom. The van der Waals surface area contributed by atoms with Gasteiger partial charge in [-0.15, -0.1) is 0 Å². The molecule has 1 aliphatic rings. The number of nitrogens with one attached hydrogen (secondary N) is 3. The Morgan fingerprint density at radius 2 is 2.08 bits per heavy atom. The van der Waals surface area contributed by atoms with Gasteiger partial charge in [-0.05, 0) is 17.7 Å². The zero-order valence-electron chi connectivity index (χ0n) is 13.7. The van der Waals surface area contributed by atoms with E-state index in [-0.39, 0.29) is 17.9 Å². The number of amides is 1. The number of rotatable bonds is 4. The van der Waals surface area contributed by atoms with Gasteiger partial charge in [0.2, 0.25) is 5.91 Å². The summed E-state index contributed by atoms with van der Waals surface area (Å²) >= 11 is 1.45. The van der Waals surface area contributed by atoms with Crippen molar-refractivity contribution in [1.82, 2.24) is 15.8 Å². The summed E-state index contributed by atoms with van der Waals surface area (Å²) in [6.07, 6.45) is 0. The molecule has 2 heterocycles. The van der Waals surface area contributed by atoms with E-state index in [0.717, 1.165) is 15.8 Å². The van der Waals surface area contributed by atoms with E-state index in [0.29, 0.717) is 17.4 Å². The molecule has 2 aromatic carbocycles. The molecule has 0 aliphatic carbocycles. The summed E-state index contributed by atoms with van der Waals surface area (Å²) < 4.78 is 6.32. The average molecular weight is 354 g/mol. The summed E-state index contributed by atoms with van der Waals surface area (Å²) in [6.45, 7) is 0.569. The molecule has 1 saturated heterocycles. The molecule has 6 nitrogen and oxygen atoms in total. The normalized spacial score (nSPS) is 19.9. The van der Waals surface area contributed by atoms with Crippen molar-refractivity contribution in [1.29, 1.82) is 0 Å². The highest BCUT2D eigenvalue weighted by atomic mass is 32.1. The van der Waals surface area contributed by atoms with Crippen LogP contribution in [0.2, 0.25) is 0 Å². The number of para-hydroxylation sites is 1. The van der Waals surface area contributed by atoms with E-state index in [2.05, 4.69) is 21.2 Å². The molecular formula is C18H18N4O2S. The van der Waals surface area contributed by atoms with Crippen molar-refractivity contribution in [2.75, 3.05) is 19.0 Å². The lowest BCUT2D eigenvalue weighted by molar-refractivity contribution is -0.119. The van der Waals surface area contributed by atoms with Gasteiger partial charge in [-0.2, -0.15) is 0 Å². The van der Waals surface area contributed by atoms with Crippen molar-refractivity contribution in [2.45, 2.75) is 6.04 Å². The number of benzene rings is 2. The van der Waals surface area contributed by atoms with Gasteiger partial charge in [-0.25, -0.2) is 10.4 Å². The van der Waals surface area contributed by atoms with Crippen LogP contribution in [0.1, 0.15) is 11.6 Å². The number of hydrogen-bond acceptors (Lipinski definition) is 6. The summed E-state index contributed by atoms with van der Waals surface area (Å²) in [4.78, 5) is 17.3. The van der Waals surface area contributed by atoms with Crippen LogP contribution in [0.4, 0.5) is 5.13 Å². The van der Waals surface area contributed by atoms with Crippen LogP contribution in [0.25, 0.3) is 10.2 Å². The van der Waals surface area contributed by atoms with Crippen molar-refractivity contribution < 1.29 is 9.53 Å². The van der Waals surface area contributed by atoms with E-state index in [4.69, 9.17) is 4.74 Å². The fourth-order valence-corrected chi connectivity index (χ4v) is 3.94. The third-order valence-electron chi connectivity index (χ3n) is 4.31. The van der Waals surface area contributed by atoms with Crippen LogP contribution in [-0.2, 0) is 4.79 Å². The van der Waals surface area contributed by atoms with E-state index in [1.54, 1.807) is 7.11 Å². The number of carbonyl (C=O) groups excluding carboxylic acids is 1. The largest absolute Gasteiger partial charge is 0.494 e. The number of fused-ring (bicyclic) bond motifs is 1. The molecule has 0 saturated carbocycles. The highest BCUT2D eigenvalue weighted by Gasteiger charge is 2.34. The third-order valence-corrected chi connectivity index (χ3v) is 5.25. The Morgan fingerprint density at radius 3 is 2.88 bits per heavy atom. The summed E-state index contributed by atoms with van der Waals surface area (Å²) in [6, 6.07) is 15.7. The molecule has 0 spiro atoms. The first-order valence-electron chi connectivity index (χ1n) is 8.04. The van der Waals surface area contributed by atoms with Crippen LogP contribution in [-0.4, -0.2) is 24.5 Å². The second-order valence-corrected chi connectivity index (χ2v) is 6.87. The first kappa shape index (κ1) is 16.0. The second-order valence-electron chi connectivity index (χ2n) is 5.84. The van der Waals surface area contributed by atoms with E-state index < -0.39 is 0 Å². The monoisotopic (exact) mass is 354 g/mol. The smallest absolute Gasteiger partial charge is 0.232 e. The molecule has 0 radical (unpaired) electrons. The maximum absolute atomic E-state index is 12.8. The first-order valence-corrected chi connectivity index (χ1v) is 8.85. The molecule has 3 N–H and O–H groups in total. The van der Waals surface area contributed by atoms with Crippen molar-refractivity contribution in [2.24, 2.45) is 5.92 Å². The van der Waals surface area contributed by atoms with Gasteiger partial charge in [-0.3, -0.25) is 10.2 Å². The third kappa shape index (κ3) is 3.09. The van der Waals surface area contributed by atoms with Gasteiger partial charge in [0.25, 0.3) is 0 Å². The minimum atomic E-state index is -0.212. The number of aromatic nitrogens is 1. The van der Waals surface area contributed by atoms with Crippen LogP contribution in [0.15, 0.2) is 48.5 Å². The van der Waals surface area contributed by atoms with Gasteiger partial charge in [0.15, 0.2) is 5.13 Å². The van der Waals surface area contributed by atoms with Crippen LogP contribution in [0.3, 0.4) is 0 Å². The quantitative estimate of drug-likeness (QED) is 0.672. The molecule has 1 fully saturated rings. The highest BCUT2D eigenvalue weighted by Crippen LogP contribution is 2.33. The Balaban J connectivity index is 1.55. The zero-order valence-corrected chi connectivity index (χ0v) is 14.5. The Labute approximate surface area is 149 Å². The number of hydrogen-bond donors (Lipinski definition) is 3. The van der Waals surface area contributed by atoms with Crippen molar-refractivity contribution in [3.8, 4) is 5.75 Å². The Bertz CT molecular complexity index is 896. The second kappa shape index (κ2) is 6.79. The lowest BCUT2D eigenvalue weighted by Crippen LogP contribution is -2.29. The fourth-order valence-electron chi connectivity index (χ4n) is 3.06. The molecule has 4 rings (SSSR count). The topological polar surface area (TPSA) is 75.3 Å². The Hall–Kier alpha value is -2.48. The molecule has 1 amide bonds. The minimum Gasteiger partial charge on any atom is -0.494 e. The van der Waals surface area contributed by atoms with Gasteiger partial charge in [0, 0.05) is 6.54 Å². The lowest BCUT2D eigenvalue weighted by atomic mass is 9.94. The summed E-state index contributed by atoms with van der Waals surface area (Å²) in [7, 11) is 1.62. The molecule has 128 valence electrons. The van der Waals surface area contributed by atoms with Crippen LogP contribution < -0.4 is 20.9 Å². The average Bonchev–Trinajstić information content (AvgIpc) is 3.28. The zero-order chi connectivity index (χ0) is 17.2. The molecule has 25 heavy (non-hydrogen) atoms. The number of methoxy groups -OCH3 is 1. The molecule has 2 atom stereocenters. The predicted octanol–water partition coefficient (Wildman–Crippen LogP) is 2.71. The maximum atomic E-state index is 12.8. The standard InChI is InChI=1S/C18H18N4O2S/c1-24-13-8-5-9-14-16(13)20-18(25-14)21-17(23)12-10-19-22-15(12)11-6-3-2-4-7-11/h2-9,12,15,19,22H,10H2,1H3,(H,20,21,23). The molecule has 3 aromatic rings. The lowest BCUT2D eigenvalue weighted by Gasteiger charge is -2.17.